The van der Waals surface area contributed by atoms with Crippen LogP contribution in [-0.2, 0) is 16.6 Å². The number of hydrogen-bond donors (Lipinski definition) is 1. The molecule has 0 radical (unpaired) electrons. The fourth-order valence-corrected chi connectivity index (χ4v) is 3.91. The van der Waals surface area contributed by atoms with E-state index in [1.165, 1.54) is 25.7 Å². The second-order valence-corrected chi connectivity index (χ2v) is 7.48. The van der Waals surface area contributed by atoms with Gasteiger partial charge in [0.1, 0.15) is 6.54 Å². The highest BCUT2D eigenvalue weighted by atomic mass is 16.5. The molecule has 3 rings (SSSR count). The Morgan fingerprint density at radius 3 is 2.85 bits per heavy atom. The van der Waals surface area contributed by atoms with Crippen LogP contribution in [0.1, 0.15) is 32.6 Å². The first-order valence-electron chi connectivity index (χ1n) is 9.94. The molecule has 1 aromatic rings. The number of rotatable bonds is 5. The van der Waals surface area contributed by atoms with Crippen molar-refractivity contribution in [3.05, 3.63) is 12.4 Å². The third kappa shape index (κ3) is 5.00. The van der Waals surface area contributed by atoms with E-state index < -0.39 is 0 Å². The Balaban J connectivity index is 1.44. The number of ether oxygens (including phenoxy) is 1. The van der Waals surface area contributed by atoms with Gasteiger partial charge >= 0.3 is 0 Å². The zero-order valence-electron chi connectivity index (χ0n) is 16.7. The van der Waals surface area contributed by atoms with Gasteiger partial charge in [-0.25, -0.2) is 0 Å². The molecule has 27 heavy (non-hydrogen) atoms. The molecular weight excluding hydrogens is 344 g/mol. The van der Waals surface area contributed by atoms with Crippen molar-refractivity contribution in [2.75, 3.05) is 44.7 Å². The normalized spacial score (nSPS) is 24.4. The first-order chi connectivity index (χ1) is 13.1. The summed E-state index contributed by atoms with van der Waals surface area (Å²) in [6.07, 6.45) is 9.00. The summed E-state index contributed by atoms with van der Waals surface area (Å²) >= 11 is 0. The van der Waals surface area contributed by atoms with E-state index in [0.29, 0.717) is 38.3 Å². The first kappa shape index (κ1) is 19.7. The van der Waals surface area contributed by atoms with Crippen molar-refractivity contribution in [1.29, 1.82) is 0 Å². The highest BCUT2D eigenvalue weighted by molar-refractivity contribution is 5.98. The first-order valence-corrected chi connectivity index (χ1v) is 9.94. The van der Waals surface area contributed by atoms with Crippen LogP contribution in [0.2, 0.25) is 0 Å². The van der Waals surface area contributed by atoms with Gasteiger partial charge in [0.2, 0.25) is 5.91 Å². The Kier molecular flexibility index (Phi) is 6.71. The molecule has 0 bridgehead atoms. The van der Waals surface area contributed by atoms with Crippen molar-refractivity contribution in [3.63, 3.8) is 0 Å². The lowest BCUT2D eigenvalue weighted by Crippen LogP contribution is -2.55. The average molecular weight is 377 g/mol. The van der Waals surface area contributed by atoms with Crippen molar-refractivity contribution in [2.24, 2.45) is 18.0 Å². The molecule has 1 saturated heterocycles. The maximum absolute atomic E-state index is 12.5. The highest BCUT2D eigenvalue weighted by Gasteiger charge is 2.27. The van der Waals surface area contributed by atoms with Crippen molar-refractivity contribution in [1.82, 2.24) is 20.0 Å². The van der Waals surface area contributed by atoms with Gasteiger partial charge in [-0.1, -0.05) is 19.8 Å². The molecule has 1 aliphatic heterocycles. The van der Waals surface area contributed by atoms with Gasteiger partial charge in [0.25, 0.3) is 0 Å². The number of piperazine rings is 1. The predicted molar refractivity (Wildman–Crippen MR) is 106 cm³/mol. The Morgan fingerprint density at radius 2 is 2.19 bits per heavy atom. The Labute approximate surface area is 161 Å². The van der Waals surface area contributed by atoms with Gasteiger partial charge in [-0.05, 0) is 18.8 Å². The summed E-state index contributed by atoms with van der Waals surface area (Å²) in [5.41, 5.74) is 0.847. The fraction of sp³-hybridized carbons (Fsp3) is 0.737. The van der Waals surface area contributed by atoms with E-state index in [0.717, 1.165) is 18.2 Å². The number of guanidine groups is 1. The van der Waals surface area contributed by atoms with Crippen LogP contribution in [0.25, 0.3) is 0 Å². The number of amides is 1. The second kappa shape index (κ2) is 9.21. The summed E-state index contributed by atoms with van der Waals surface area (Å²) in [4.78, 5) is 20.7. The van der Waals surface area contributed by atoms with Gasteiger partial charge < -0.3 is 19.9 Å². The molecule has 2 heterocycles. The van der Waals surface area contributed by atoms with E-state index in [9.17, 15) is 4.79 Å². The summed E-state index contributed by atoms with van der Waals surface area (Å²) < 4.78 is 7.77. The van der Waals surface area contributed by atoms with Crippen LogP contribution in [0.5, 0.6) is 0 Å². The molecule has 1 saturated carbocycles. The molecule has 1 amide bonds. The SMILES string of the molecule is CN=C(NCCOC1CCCCC1C)N1CCN(c2cnn(C)c2)C(=O)C1. The molecule has 1 N–H and O–H groups in total. The van der Waals surface area contributed by atoms with Crippen LogP contribution in [0.4, 0.5) is 5.69 Å². The highest BCUT2D eigenvalue weighted by Crippen LogP contribution is 2.26. The summed E-state index contributed by atoms with van der Waals surface area (Å²) in [6, 6.07) is 0. The Bertz CT molecular complexity index is 658. The molecule has 8 heteroatoms. The number of hydrogen-bond acceptors (Lipinski definition) is 4. The van der Waals surface area contributed by atoms with Crippen LogP contribution < -0.4 is 10.2 Å². The van der Waals surface area contributed by atoms with Crippen molar-refractivity contribution < 1.29 is 9.53 Å². The van der Waals surface area contributed by atoms with E-state index in [1.807, 2.05) is 18.1 Å². The van der Waals surface area contributed by atoms with Crippen LogP contribution in [0.15, 0.2) is 17.4 Å². The van der Waals surface area contributed by atoms with Gasteiger partial charge in [-0.15, -0.1) is 0 Å². The van der Waals surface area contributed by atoms with Gasteiger partial charge in [0.05, 0.1) is 24.6 Å². The van der Waals surface area contributed by atoms with Gasteiger partial charge in [0.15, 0.2) is 5.96 Å². The summed E-state index contributed by atoms with van der Waals surface area (Å²) in [7, 11) is 3.61. The smallest absolute Gasteiger partial charge is 0.246 e. The van der Waals surface area contributed by atoms with Crippen LogP contribution >= 0.6 is 0 Å². The maximum Gasteiger partial charge on any atom is 0.246 e. The molecule has 2 fully saturated rings. The molecule has 8 nitrogen and oxygen atoms in total. The molecule has 1 aromatic heterocycles. The summed E-state index contributed by atoms with van der Waals surface area (Å²) in [5.74, 6) is 1.47. The van der Waals surface area contributed by atoms with Crippen LogP contribution in [-0.4, -0.2) is 72.5 Å². The average Bonchev–Trinajstić information content (AvgIpc) is 3.09. The lowest BCUT2D eigenvalue weighted by Gasteiger charge is -2.35. The minimum Gasteiger partial charge on any atom is -0.376 e. The molecule has 1 aliphatic carbocycles. The van der Waals surface area contributed by atoms with Gasteiger partial charge in [-0.3, -0.25) is 14.5 Å². The molecule has 2 unspecified atom stereocenters. The number of aromatic nitrogens is 2. The minimum absolute atomic E-state index is 0.0597. The monoisotopic (exact) mass is 376 g/mol. The number of aliphatic imine (C=N–C) groups is 1. The zero-order valence-corrected chi connectivity index (χ0v) is 16.7. The minimum atomic E-state index is 0.0597. The number of nitrogens with zero attached hydrogens (tertiary/aromatic N) is 5. The topological polar surface area (TPSA) is 75.0 Å². The van der Waals surface area contributed by atoms with E-state index in [-0.39, 0.29) is 5.91 Å². The number of carbonyl (C=O) groups excluding carboxylic acids is 1. The molecule has 0 aromatic carbocycles. The third-order valence-electron chi connectivity index (χ3n) is 5.48. The zero-order chi connectivity index (χ0) is 19.2. The lowest BCUT2D eigenvalue weighted by molar-refractivity contribution is -0.120. The van der Waals surface area contributed by atoms with E-state index in [4.69, 9.17) is 4.74 Å². The van der Waals surface area contributed by atoms with Crippen LogP contribution in [0.3, 0.4) is 0 Å². The second-order valence-electron chi connectivity index (χ2n) is 7.48. The van der Waals surface area contributed by atoms with Crippen molar-refractivity contribution >= 4 is 17.6 Å². The molecule has 0 spiro atoms. The van der Waals surface area contributed by atoms with Gasteiger partial charge in [-0.2, -0.15) is 5.10 Å². The standard InChI is InChI=1S/C19H32N6O2/c1-15-6-4-5-7-17(15)27-11-8-21-19(20-2)24-9-10-25(18(26)14-24)16-12-22-23(3)13-16/h12-13,15,17H,4-11,14H2,1-3H3,(H,20,21). The molecular formula is C19H32N6O2. The Morgan fingerprint density at radius 1 is 1.37 bits per heavy atom. The summed E-state index contributed by atoms with van der Waals surface area (Å²) in [5, 5.41) is 7.49. The van der Waals surface area contributed by atoms with Crippen LogP contribution in [0, 0.1) is 5.92 Å². The predicted octanol–water partition coefficient (Wildman–Crippen LogP) is 1.24. The van der Waals surface area contributed by atoms with E-state index in [1.54, 1.807) is 22.8 Å². The van der Waals surface area contributed by atoms with Crippen molar-refractivity contribution in [3.8, 4) is 0 Å². The van der Waals surface area contributed by atoms with E-state index >= 15 is 0 Å². The number of aryl methyl sites for hydroxylation is 1. The Hall–Kier alpha value is -2.09. The largest absolute Gasteiger partial charge is 0.376 e. The molecule has 150 valence electrons. The lowest BCUT2D eigenvalue weighted by atomic mass is 9.88. The van der Waals surface area contributed by atoms with Gasteiger partial charge in [0, 0.05) is 39.9 Å². The molecule has 2 aliphatic rings. The maximum atomic E-state index is 12.5. The van der Waals surface area contributed by atoms with Crippen molar-refractivity contribution in [2.45, 2.75) is 38.7 Å². The number of anilines is 1. The third-order valence-corrected chi connectivity index (χ3v) is 5.48. The summed E-state index contributed by atoms with van der Waals surface area (Å²) in [6.45, 7) is 5.32. The number of nitrogens with one attached hydrogen (secondary N) is 1. The van der Waals surface area contributed by atoms with E-state index in [2.05, 4.69) is 22.3 Å². The molecule has 2 atom stereocenters. The quantitative estimate of drug-likeness (QED) is 0.475. The number of carbonyl (C=O) groups is 1. The fourth-order valence-electron chi connectivity index (χ4n) is 3.91.